The minimum absolute atomic E-state index is 0.0684. The zero-order valence-electron chi connectivity index (χ0n) is 10.0. The first kappa shape index (κ1) is 13.5. The topological polar surface area (TPSA) is 78.1 Å². The fourth-order valence-corrected chi connectivity index (χ4v) is 1.79. The number of hydrogen-bond acceptors (Lipinski definition) is 5. The van der Waals surface area contributed by atoms with E-state index in [0.29, 0.717) is 10.2 Å². The molecule has 0 aliphatic heterocycles. The van der Waals surface area contributed by atoms with Crippen LogP contribution in [-0.4, -0.2) is 15.9 Å². The average molecular weight is 322 g/mol. The van der Waals surface area contributed by atoms with E-state index >= 15 is 0 Å². The molecular formula is C13H12BrN3O2. The summed E-state index contributed by atoms with van der Waals surface area (Å²) in [6, 6.07) is 9.41. The zero-order valence-corrected chi connectivity index (χ0v) is 11.6. The van der Waals surface area contributed by atoms with Crippen LogP contribution in [0.1, 0.15) is 11.3 Å². The maximum atomic E-state index is 11.7. The number of rotatable bonds is 4. The van der Waals surface area contributed by atoms with Crippen LogP contribution in [0.2, 0.25) is 0 Å². The van der Waals surface area contributed by atoms with E-state index in [4.69, 9.17) is 10.5 Å². The number of nitrogens with two attached hydrogens (primary N) is 1. The van der Waals surface area contributed by atoms with Gasteiger partial charge in [-0.15, -0.1) is 0 Å². The number of carbonyl (C=O) groups excluding carboxylic acids is 1. The van der Waals surface area contributed by atoms with Crippen LogP contribution in [0.4, 0.5) is 5.95 Å². The number of ether oxygens (including phenoxy) is 1. The van der Waals surface area contributed by atoms with Crippen molar-refractivity contribution >= 4 is 27.8 Å². The molecule has 0 saturated carbocycles. The Labute approximate surface area is 119 Å². The predicted octanol–water partition coefficient (Wildman–Crippen LogP) is 2.11. The number of nitrogens with zero attached hydrogens (tertiary/aromatic N) is 2. The van der Waals surface area contributed by atoms with E-state index < -0.39 is 0 Å². The van der Waals surface area contributed by atoms with E-state index in [1.54, 1.807) is 0 Å². The number of hydrogen-bond donors (Lipinski definition) is 1. The van der Waals surface area contributed by atoms with Gasteiger partial charge in [-0.25, -0.2) is 9.97 Å². The molecule has 1 aromatic carbocycles. The van der Waals surface area contributed by atoms with Crippen LogP contribution >= 0.6 is 15.9 Å². The van der Waals surface area contributed by atoms with E-state index in [0.717, 1.165) is 5.56 Å². The smallest absolute Gasteiger partial charge is 0.310 e. The van der Waals surface area contributed by atoms with E-state index in [2.05, 4.69) is 25.9 Å². The monoisotopic (exact) mass is 321 g/mol. The van der Waals surface area contributed by atoms with Gasteiger partial charge in [0.15, 0.2) is 0 Å². The number of esters is 1. The summed E-state index contributed by atoms with van der Waals surface area (Å²) < 4.78 is 5.81. The van der Waals surface area contributed by atoms with E-state index in [1.807, 2.05) is 30.3 Å². The van der Waals surface area contributed by atoms with Gasteiger partial charge in [0, 0.05) is 6.20 Å². The molecule has 0 spiro atoms. The van der Waals surface area contributed by atoms with E-state index in [1.165, 1.54) is 6.20 Å². The Hall–Kier alpha value is -1.95. The Balaban J connectivity index is 1.92. The molecule has 2 rings (SSSR count). The van der Waals surface area contributed by atoms with Gasteiger partial charge in [-0.1, -0.05) is 30.3 Å². The quantitative estimate of drug-likeness (QED) is 0.872. The average Bonchev–Trinajstić information content (AvgIpc) is 2.41. The van der Waals surface area contributed by atoms with Gasteiger partial charge >= 0.3 is 5.97 Å². The molecular weight excluding hydrogens is 310 g/mol. The molecule has 2 aromatic rings. The fraction of sp³-hybridized carbons (Fsp3) is 0.154. The summed E-state index contributed by atoms with van der Waals surface area (Å²) in [5.74, 6) is -0.160. The summed E-state index contributed by atoms with van der Waals surface area (Å²) in [7, 11) is 0. The molecule has 19 heavy (non-hydrogen) atoms. The van der Waals surface area contributed by atoms with Gasteiger partial charge in [0.25, 0.3) is 0 Å². The van der Waals surface area contributed by atoms with Gasteiger partial charge in [0.05, 0.1) is 16.6 Å². The molecule has 1 heterocycles. The van der Waals surface area contributed by atoms with Gasteiger partial charge in [0.1, 0.15) is 6.61 Å². The largest absolute Gasteiger partial charge is 0.459 e. The molecule has 5 nitrogen and oxygen atoms in total. The molecule has 98 valence electrons. The van der Waals surface area contributed by atoms with Crippen LogP contribution in [0.15, 0.2) is 41.0 Å². The lowest BCUT2D eigenvalue weighted by molar-refractivity contribution is -0.144. The standard InChI is InChI=1S/C13H12BrN3O2/c14-10-7-16-13(15)17-11(10)8-19-12(18)6-9-4-2-1-3-5-9/h1-5,7H,6,8H2,(H2,15,16,17). The molecule has 0 aliphatic rings. The normalized spacial score (nSPS) is 10.2. The number of benzene rings is 1. The molecule has 1 aromatic heterocycles. The zero-order chi connectivity index (χ0) is 13.7. The van der Waals surface area contributed by atoms with Crippen molar-refractivity contribution in [3.8, 4) is 0 Å². The van der Waals surface area contributed by atoms with Crippen LogP contribution in [0.5, 0.6) is 0 Å². The Morgan fingerprint density at radius 1 is 1.32 bits per heavy atom. The van der Waals surface area contributed by atoms with Gasteiger partial charge in [-0.05, 0) is 21.5 Å². The van der Waals surface area contributed by atoms with Crippen molar-refractivity contribution in [1.82, 2.24) is 9.97 Å². The number of anilines is 1. The number of nitrogen functional groups attached to an aromatic ring is 1. The fourth-order valence-electron chi connectivity index (χ4n) is 1.48. The van der Waals surface area contributed by atoms with Gasteiger partial charge in [-0.2, -0.15) is 0 Å². The molecule has 0 bridgehead atoms. The van der Waals surface area contributed by atoms with Gasteiger partial charge < -0.3 is 10.5 Å². The molecule has 0 saturated heterocycles. The maximum Gasteiger partial charge on any atom is 0.310 e. The van der Waals surface area contributed by atoms with Crippen molar-refractivity contribution in [3.05, 3.63) is 52.3 Å². The van der Waals surface area contributed by atoms with Crippen molar-refractivity contribution in [1.29, 1.82) is 0 Å². The van der Waals surface area contributed by atoms with Crippen molar-refractivity contribution < 1.29 is 9.53 Å². The maximum absolute atomic E-state index is 11.7. The summed E-state index contributed by atoms with van der Waals surface area (Å²) in [5, 5.41) is 0. The van der Waals surface area contributed by atoms with Crippen LogP contribution in [0.25, 0.3) is 0 Å². The van der Waals surface area contributed by atoms with Crippen molar-refractivity contribution in [2.24, 2.45) is 0 Å². The number of aromatic nitrogens is 2. The minimum atomic E-state index is -0.310. The van der Waals surface area contributed by atoms with Gasteiger partial charge in [-0.3, -0.25) is 4.79 Å². The first-order valence-electron chi connectivity index (χ1n) is 5.61. The highest BCUT2D eigenvalue weighted by atomic mass is 79.9. The highest BCUT2D eigenvalue weighted by Crippen LogP contribution is 2.15. The summed E-state index contributed by atoms with van der Waals surface area (Å²) in [6.07, 6.45) is 1.77. The molecule has 0 amide bonds. The molecule has 0 fully saturated rings. The van der Waals surface area contributed by atoms with Crippen molar-refractivity contribution in [2.75, 3.05) is 5.73 Å². The third-order valence-electron chi connectivity index (χ3n) is 2.40. The second kappa shape index (κ2) is 6.29. The molecule has 6 heteroatoms. The molecule has 0 aliphatic carbocycles. The Morgan fingerprint density at radius 2 is 2.05 bits per heavy atom. The van der Waals surface area contributed by atoms with E-state index in [-0.39, 0.29) is 24.9 Å². The lowest BCUT2D eigenvalue weighted by atomic mass is 10.2. The van der Waals surface area contributed by atoms with Crippen LogP contribution < -0.4 is 5.73 Å². The highest BCUT2D eigenvalue weighted by molar-refractivity contribution is 9.10. The van der Waals surface area contributed by atoms with Crippen LogP contribution in [0, 0.1) is 0 Å². The van der Waals surface area contributed by atoms with Crippen molar-refractivity contribution in [2.45, 2.75) is 13.0 Å². The predicted molar refractivity (Wildman–Crippen MR) is 74.1 cm³/mol. The Morgan fingerprint density at radius 3 is 2.79 bits per heavy atom. The summed E-state index contributed by atoms with van der Waals surface area (Å²) in [6.45, 7) is 0.0684. The first-order chi connectivity index (χ1) is 9.15. The van der Waals surface area contributed by atoms with Gasteiger partial charge in [0.2, 0.25) is 5.95 Å². The molecule has 0 radical (unpaired) electrons. The summed E-state index contributed by atoms with van der Waals surface area (Å²) >= 11 is 3.28. The number of halogens is 1. The lowest BCUT2D eigenvalue weighted by Crippen LogP contribution is -2.10. The van der Waals surface area contributed by atoms with Crippen LogP contribution in [0.3, 0.4) is 0 Å². The first-order valence-corrected chi connectivity index (χ1v) is 6.41. The summed E-state index contributed by atoms with van der Waals surface area (Å²) in [4.78, 5) is 19.5. The second-order valence-electron chi connectivity index (χ2n) is 3.85. The highest BCUT2D eigenvalue weighted by Gasteiger charge is 2.08. The molecule has 0 atom stereocenters. The summed E-state index contributed by atoms with van der Waals surface area (Å²) in [5.41, 5.74) is 6.93. The third kappa shape index (κ3) is 4.03. The van der Waals surface area contributed by atoms with Crippen LogP contribution in [-0.2, 0) is 22.6 Å². The number of carbonyl (C=O) groups is 1. The second-order valence-corrected chi connectivity index (χ2v) is 4.70. The Kier molecular flexibility index (Phi) is 4.46. The minimum Gasteiger partial charge on any atom is -0.459 e. The Bertz CT molecular complexity index is 575. The SMILES string of the molecule is Nc1ncc(Br)c(COC(=O)Cc2ccccc2)n1. The van der Waals surface area contributed by atoms with Crippen molar-refractivity contribution in [3.63, 3.8) is 0 Å². The lowest BCUT2D eigenvalue weighted by Gasteiger charge is -2.06. The molecule has 2 N–H and O–H groups in total. The van der Waals surface area contributed by atoms with E-state index in [9.17, 15) is 4.79 Å². The third-order valence-corrected chi connectivity index (χ3v) is 3.06. The molecule has 0 unspecified atom stereocenters.